The fourth-order valence-corrected chi connectivity index (χ4v) is 4.10. The van der Waals surface area contributed by atoms with Crippen molar-refractivity contribution in [2.75, 3.05) is 32.4 Å². The minimum absolute atomic E-state index is 0.185. The molecule has 1 saturated heterocycles. The van der Waals surface area contributed by atoms with Crippen LogP contribution in [0.4, 0.5) is 0 Å². The monoisotopic (exact) mass is 374 g/mol. The normalized spacial score (nSPS) is 16.5. The number of carbonyl (C=O) groups is 1. The molecular formula is C17H24Cl2N2OS. The van der Waals surface area contributed by atoms with Crippen LogP contribution in [0.1, 0.15) is 24.8 Å². The molecular weight excluding hydrogens is 351 g/mol. The first-order valence-electron chi connectivity index (χ1n) is 8.01. The first-order chi connectivity index (χ1) is 11.0. The second kappa shape index (κ2) is 9.77. The van der Waals surface area contributed by atoms with Crippen LogP contribution in [0.15, 0.2) is 18.2 Å². The Bertz CT molecular complexity index is 519. The Morgan fingerprint density at radius 2 is 2.09 bits per heavy atom. The number of nitrogens with one attached hydrogen (secondary N) is 1. The lowest BCUT2D eigenvalue weighted by Crippen LogP contribution is -2.34. The zero-order valence-corrected chi connectivity index (χ0v) is 15.8. The number of thioether (sulfide) groups is 1. The third kappa shape index (κ3) is 6.92. The average molecular weight is 375 g/mol. The molecule has 0 aliphatic carbocycles. The predicted octanol–water partition coefficient (Wildman–Crippen LogP) is 4.07. The molecule has 0 aromatic heterocycles. The molecule has 1 amide bonds. The number of halogens is 2. The summed E-state index contributed by atoms with van der Waals surface area (Å²) < 4.78 is 0. The smallest absolute Gasteiger partial charge is 0.220 e. The molecule has 3 nitrogen and oxygen atoms in total. The molecule has 1 aromatic rings. The molecule has 128 valence electrons. The molecule has 1 aliphatic heterocycles. The molecule has 6 heteroatoms. The number of piperidine rings is 1. The van der Waals surface area contributed by atoms with Gasteiger partial charge in [0.25, 0.3) is 0 Å². The van der Waals surface area contributed by atoms with Crippen molar-refractivity contribution in [3.63, 3.8) is 0 Å². The minimum Gasteiger partial charge on any atom is -0.355 e. The fraction of sp³-hybridized carbons (Fsp3) is 0.588. The number of hydrogen-bond donors (Lipinski definition) is 1. The summed E-state index contributed by atoms with van der Waals surface area (Å²) in [5.74, 6) is 2.45. The first kappa shape index (κ1) is 18.9. The van der Waals surface area contributed by atoms with E-state index in [1.165, 1.54) is 0 Å². The molecule has 0 bridgehead atoms. The number of rotatable bonds is 7. The molecule has 0 unspecified atom stereocenters. The summed E-state index contributed by atoms with van der Waals surface area (Å²) in [4.78, 5) is 14.3. The van der Waals surface area contributed by atoms with Crippen LogP contribution < -0.4 is 5.32 Å². The van der Waals surface area contributed by atoms with Crippen molar-refractivity contribution in [3.05, 3.63) is 33.8 Å². The summed E-state index contributed by atoms with van der Waals surface area (Å²) in [6.07, 6.45) is 2.93. The Balaban J connectivity index is 1.57. The zero-order valence-electron chi connectivity index (χ0n) is 13.5. The Labute approximate surface area is 153 Å². The molecule has 1 N–H and O–H groups in total. The summed E-state index contributed by atoms with van der Waals surface area (Å²) in [5.41, 5.74) is 1.08. The molecule has 1 aliphatic rings. The van der Waals surface area contributed by atoms with Crippen molar-refractivity contribution in [3.8, 4) is 0 Å². The van der Waals surface area contributed by atoms with E-state index in [0.717, 1.165) is 43.0 Å². The number of amides is 1. The topological polar surface area (TPSA) is 32.3 Å². The van der Waals surface area contributed by atoms with E-state index >= 15 is 0 Å². The number of likely N-dealkylation sites (tertiary alicyclic amines) is 1. The predicted molar refractivity (Wildman–Crippen MR) is 100 cm³/mol. The van der Waals surface area contributed by atoms with Crippen LogP contribution >= 0.6 is 35.0 Å². The highest BCUT2D eigenvalue weighted by atomic mass is 35.5. The summed E-state index contributed by atoms with van der Waals surface area (Å²) in [5, 5.41) is 4.39. The number of nitrogens with zero attached hydrogens (tertiary/aromatic N) is 1. The number of carbonyl (C=O) groups excluding carboxylic acids is 1. The van der Waals surface area contributed by atoms with Gasteiger partial charge in [0.2, 0.25) is 5.91 Å². The SMILES string of the molecule is CN1CCC(CC(=O)NCCSCc2ccc(Cl)cc2Cl)CC1. The van der Waals surface area contributed by atoms with E-state index in [2.05, 4.69) is 17.3 Å². The van der Waals surface area contributed by atoms with Crippen LogP contribution in [0.5, 0.6) is 0 Å². The van der Waals surface area contributed by atoms with E-state index in [4.69, 9.17) is 23.2 Å². The molecule has 23 heavy (non-hydrogen) atoms. The van der Waals surface area contributed by atoms with Gasteiger partial charge in [-0.15, -0.1) is 0 Å². The first-order valence-corrected chi connectivity index (χ1v) is 9.92. The van der Waals surface area contributed by atoms with Crippen LogP contribution in [0.2, 0.25) is 10.0 Å². The van der Waals surface area contributed by atoms with E-state index in [9.17, 15) is 4.79 Å². The van der Waals surface area contributed by atoms with Gasteiger partial charge in [-0.3, -0.25) is 4.79 Å². The quantitative estimate of drug-likeness (QED) is 0.729. The maximum absolute atomic E-state index is 11.9. The van der Waals surface area contributed by atoms with Gasteiger partial charge in [-0.2, -0.15) is 11.8 Å². The summed E-state index contributed by atoms with van der Waals surface area (Å²) in [7, 11) is 2.14. The maximum atomic E-state index is 11.9. The molecule has 0 radical (unpaired) electrons. The Hall–Kier alpha value is -0.420. The highest BCUT2D eigenvalue weighted by Crippen LogP contribution is 2.24. The van der Waals surface area contributed by atoms with Gasteiger partial charge in [0, 0.05) is 34.5 Å². The van der Waals surface area contributed by atoms with E-state index in [1.54, 1.807) is 17.8 Å². The number of benzene rings is 1. The second-order valence-electron chi connectivity index (χ2n) is 6.09. The Morgan fingerprint density at radius 3 is 2.78 bits per heavy atom. The van der Waals surface area contributed by atoms with Gasteiger partial charge in [0.1, 0.15) is 0 Å². The van der Waals surface area contributed by atoms with Gasteiger partial charge in [-0.1, -0.05) is 29.3 Å². The Kier molecular flexibility index (Phi) is 8.04. The standard InChI is InChI=1S/C17H24Cl2N2OS/c1-21-7-4-13(5-8-21)10-17(22)20-6-9-23-12-14-2-3-15(18)11-16(14)19/h2-3,11,13H,4-10,12H2,1H3,(H,20,22). The molecule has 1 heterocycles. The van der Waals surface area contributed by atoms with Crippen molar-refractivity contribution in [1.82, 2.24) is 10.2 Å². The lowest BCUT2D eigenvalue weighted by atomic mass is 9.93. The van der Waals surface area contributed by atoms with Crippen molar-refractivity contribution in [1.29, 1.82) is 0 Å². The fourth-order valence-electron chi connectivity index (χ4n) is 2.68. The van der Waals surface area contributed by atoms with Gasteiger partial charge in [-0.05, 0) is 56.6 Å². The molecule has 1 aromatic carbocycles. The van der Waals surface area contributed by atoms with E-state index in [0.29, 0.717) is 28.9 Å². The zero-order chi connectivity index (χ0) is 16.7. The highest BCUT2D eigenvalue weighted by Gasteiger charge is 2.19. The van der Waals surface area contributed by atoms with Gasteiger partial charge in [-0.25, -0.2) is 0 Å². The van der Waals surface area contributed by atoms with E-state index in [1.807, 2.05) is 12.1 Å². The molecule has 1 fully saturated rings. The van der Waals surface area contributed by atoms with E-state index < -0.39 is 0 Å². The summed E-state index contributed by atoms with van der Waals surface area (Å²) >= 11 is 13.8. The van der Waals surface area contributed by atoms with Gasteiger partial charge in [0.15, 0.2) is 0 Å². The Morgan fingerprint density at radius 1 is 1.35 bits per heavy atom. The average Bonchev–Trinajstić information content (AvgIpc) is 2.51. The van der Waals surface area contributed by atoms with Crippen molar-refractivity contribution >= 4 is 40.9 Å². The van der Waals surface area contributed by atoms with Gasteiger partial charge < -0.3 is 10.2 Å². The lowest BCUT2D eigenvalue weighted by Gasteiger charge is -2.28. The summed E-state index contributed by atoms with van der Waals surface area (Å²) in [6.45, 7) is 2.92. The largest absolute Gasteiger partial charge is 0.355 e. The molecule has 0 spiro atoms. The van der Waals surface area contributed by atoms with Crippen molar-refractivity contribution in [2.45, 2.75) is 25.0 Å². The van der Waals surface area contributed by atoms with Crippen molar-refractivity contribution in [2.24, 2.45) is 5.92 Å². The maximum Gasteiger partial charge on any atom is 0.220 e. The van der Waals surface area contributed by atoms with Crippen LogP contribution in [-0.2, 0) is 10.5 Å². The van der Waals surface area contributed by atoms with Crippen LogP contribution in [0.3, 0.4) is 0 Å². The van der Waals surface area contributed by atoms with Crippen LogP contribution in [0.25, 0.3) is 0 Å². The second-order valence-corrected chi connectivity index (χ2v) is 8.04. The molecule has 2 rings (SSSR count). The van der Waals surface area contributed by atoms with Crippen molar-refractivity contribution < 1.29 is 4.79 Å². The molecule has 0 atom stereocenters. The third-order valence-electron chi connectivity index (χ3n) is 4.15. The van der Waals surface area contributed by atoms with Crippen LogP contribution in [-0.4, -0.2) is 43.2 Å². The van der Waals surface area contributed by atoms with E-state index in [-0.39, 0.29) is 5.91 Å². The highest BCUT2D eigenvalue weighted by molar-refractivity contribution is 7.98. The number of hydrogen-bond acceptors (Lipinski definition) is 3. The lowest BCUT2D eigenvalue weighted by molar-refractivity contribution is -0.122. The molecule has 0 saturated carbocycles. The summed E-state index contributed by atoms with van der Waals surface area (Å²) in [6, 6.07) is 5.57. The third-order valence-corrected chi connectivity index (χ3v) is 5.75. The minimum atomic E-state index is 0.185. The van der Waals surface area contributed by atoms with Gasteiger partial charge in [0.05, 0.1) is 0 Å². The van der Waals surface area contributed by atoms with Crippen LogP contribution in [0, 0.1) is 5.92 Å². The van der Waals surface area contributed by atoms with Gasteiger partial charge >= 0.3 is 0 Å².